The van der Waals surface area contributed by atoms with E-state index in [1.165, 1.54) is 49.7 Å². The Morgan fingerprint density at radius 3 is 2.18 bits per heavy atom. The van der Waals surface area contributed by atoms with E-state index in [1.807, 2.05) is 0 Å². The molecule has 1 atom stereocenters. The molecule has 1 saturated carbocycles. The van der Waals surface area contributed by atoms with Crippen LogP contribution in [0.4, 0.5) is 0 Å². The molecule has 0 radical (unpaired) electrons. The normalized spacial score (nSPS) is 19.9. The van der Waals surface area contributed by atoms with Gasteiger partial charge in [0.15, 0.2) is 0 Å². The molecule has 1 aromatic rings. The summed E-state index contributed by atoms with van der Waals surface area (Å²) in [6.07, 6.45) is 8.57. The summed E-state index contributed by atoms with van der Waals surface area (Å²) in [7, 11) is 0. The van der Waals surface area contributed by atoms with Crippen LogP contribution in [0, 0.1) is 5.92 Å². The van der Waals surface area contributed by atoms with Crippen LogP contribution in [0.2, 0.25) is 0 Å². The maximum Gasteiger partial charge on any atom is 0.0178 e. The van der Waals surface area contributed by atoms with Crippen molar-refractivity contribution < 1.29 is 0 Å². The Balaban J connectivity index is 2.03. The van der Waals surface area contributed by atoms with Crippen molar-refractivity contribution in [3.63, 3.8) is 0 Å². The molecule has 0 heterocycles. The fraction of sp³-hybridized carbons (Fsp3) is 0.625. The Labute approximate surface area is 105 Å². The summed E-state index contributed by atoms with van der Waals surface area (Å²) in [5.74, 6) is 1.60. The van der Waals surface area contributed by atoms with Gasteiger partial charge in [-0.2, -0.15) is 0 Å². The smallest absolute Gasteiger partial charge is 0.0178 e. The van der Waals surface area contributed by atoms with Crippen molar-refractivity contribution in [3.05, 3.63) is 35.4 Å². The highest BCUT2D eigenvalue weighted by Crippen LogP contribution is 2.34. The van der Waals surface area contributed by atoms with E-state index >= 15 is 0 Å². The molecule has 0 amide bonds. The third-order valence-electron chi connectivity index (χ3n) is 4.35. The Hall–Kier alpha value is -0.820. The van der Waals surface area contributed by atoms with Gasteiger partial charge in [0.05, 0.1) is 0 Å². The highest BCUT2D eigenvalue weighted by molar-refractivity contribution is 5.25. The summed E-state index contributed by atoms with van der Waals surface area (Å²) in [6.45, 7) is 3.05. The Morgan fingerprint density at radius 1 is 1.06 bits per heavy atom. The average Bonchev–Trinajstić information content (AvgIpc) is 2.67. The predicted molar refractivity (Wildman–Crippen MR) is 73.9 cm³/mol. The minimum atomic E-state index is 0.651. The highest BCUT2D eigenvalue weighted by Gasteiger charge is 2.20. The van der Waals surface area contributed by atoms with E-state index in [0.717, 1.165) is 5.92 Å². The number of benzene rings is 1. The standard InChI is InChI=1S/C16H25N/c1-13(15-6-4-2-3-5-7-15)16-10-8-14(12-17)9-11-16/h8-11,13,15H,2-7,12,17H2,1H3. The largest absolute Gasteiger partial charge is 0.326 e. The Kier molecular flexibility index (Phi) is 4.61. The lowest BCUT2D eigenvalue weighted by atomic mass is 9.82. The summed E-state index contributed by atoms with van der Waals surface area (Å²) in [5, 5.41) is 0. The molecule has 0 bridgehead atoms. The topological polar surface area (TPSA) is 26.0 Å². The van der Waals surface area contributed by atoms with Gasteiger partial charge in [-0.3, -0.25) is 0 Å². The van der Waals surface area contributed by atoms with Crippen LogP contribution in [0.15, 0.2) is 24.3 Å². The van der Waals surface area contributed by atoms with Crippen LogP contribution in [0.5, 0.6) is 0 Å². The van der Waals surface area contributed by atoms with E-state index in [9.17, 15) is 0 Å². The first kappa shape index (κ1) is 12.6. The van der Waals surface area contributed by atoms with Crippen molar-refractivity contribution in [3.8, 4) is 0 Å². The predicted octanol–water partition coefficient (Wildman–Crippen LogP) is 4.22. The molecule has 1 aromatic carbocycles. The van der Waals surface area contributed by atoms with Gasteiger partial charge in [0.1, 0.15) is 0 Å². The third kappa shape index (κ3) is 3.32. The molecule has 0 saturated heterocycles. The van der Waals surface area contributed by atoms with Gasteiger partial charge in [0.2, 0.25) is 0 Å². The molecule has 1 fully saturated rings. The van der Waals surface area contributed by atoms with Crippen LogP contribution in [-0.4, -0.2) is 0 Å². The van der Waals surface area contributed by atoms with E-state index in [1.54, 1.807) is 0 Å². The summed E-state index contributed by atoms with van der Waals surface area (Å²) in [4.78, 5) is 0. The van der Waals surface area contributed by atoms with Gasteiger partial charge < -0.3 is 5.73 Å². The van der Waals surface area contributed by atoms with Crippen molar-refractivity contribution in [1.29, 1.82) is 0 Å². The molecular weight excluding hydrogens is 206 g/mol. The fourth-order valence-electron chi connectivity index (χ4n) is 3.04. The van der Waals surface area contributed by atoms with Gasteiger partial charge in [0, 0.05) is 6.54 Å². The van der Waals surface area contributed by atoms with E-state index in [-0.39, 0.29) is 0 Å². The third-order valence-corrected chi connectivity index (χ3v) is 4.35. The maximum atomic E-state index is 5.64. The van der Waals surface area contributed by atoms with Crippen molar-refractivity contribution in [2.45, 2.75) is 57.9 Å². The second kappa shape index (κ2) is 6.20. The number of rotatable bonds is 3. The van der Waals surface area contributed by atoms with E-state index in [2.05, 4.69) is 31.2 Å². The van der Waals surface area contributed by atoms with E-state index in [4.69, 9.17) is 5.73 Å². The lowest BCUT2D eigenvalue weighted by molar-refractivity contribution is 0.394. The van der Waals surface area contributed by atoms with Crippen LogP contribution in [0.3, 0.4) is 0 Å². The molecule has 0 aromatic heterocycles. The lowest BCUT2D eigenvalue weighted by Crippen LogP contribution is -2.09. The summed E-state index contributed by atoms with van der Waals surface area (Å²) < 4.78 is 0. The van der Waals surface area contributed by atoms with Crippen LogP contribution in [-0.2, 0) is 6.54 Å². The molecular formula is C16H25N. The lowest BCUT2D eigenvalue weighted by Gasteiger charge is -2.23. The number of hydrogen-bond donors (Lipinski definition) is 1. The van der Waals surface area contributed by atoms with Gasteiger partial charge >= 0.3 is 0 Å². The minimum absolute atomic E-state index is 0.651. The number of nitrogens with two attached hydrogens (primary N) is 1. The van der Waals surface area contributed by atoms with Gasteiger partial charge in [-0.05, 0) is 35.8 Å². The first-order chi connectivity index (χ1) is 8.31. The molecule has 17 heavy (non-hydrogen) atoms. The zero-order valence-corrected chi connectivity index (χ0v) is 11.0. The second-order valence-electron chi connectivity index (χ2n) is 5.49. The first-order valence-electron chi connectivity index (χ1n) is 7.10. The van der Waals surface area contributed by atoms with Gasteiger partial charge in [-0.25, -0.2) is 0 Å². The van der Waals surface area contributed by atoms with E-state index in [0.29, 0.717) is 12.5 Å². The van der Waals surface area contributed by atoms with Crippen molar-refractivity contribution in [2.24, 2.45) is 11.7 Å². The zero-order valence-electron chi connectivity index (χ0n) is 11.0. The number of hydrogen-bond acceptors (Lipinski definition) is 1. The molecule has 2 N–H and O–H groups in total. The van der Waals surface area contributed by atoms with Crippen LogP contribution >= 0.6 is 0 Å². The molecule has 0 aliphatic heterocycles. The minimum Gasteiger partial charge on any atom is -0.326 e. The monoisotopic (exact) mass is 231 g/mol. The molecule has 1 aliphatic carbocycles. The Bertz CT molecular complexity index is 320. The van der Waals surface area contributed by atoms with Gasteiger partial charge in [-0.1, -0.05) is 56.9 Å². The van der Waals surface area contributed by atoms with Crippen molar-refractivity contribution in [1.82, 2.24) is 0 Å². The highest BCUT2D eigenvalue weighted by atomic mass is 14.5. The van der Waals surface area contributed by atoms with Crippen molar-refractivity contribution >= 4 is 0 Å². The zero-order chi connectivity index (χ0) is 12.1. The summed E-state index contributed by atoms with van der Waals surface area (Å²) >= 11 is 0. The van der Waals surface area contributed by atoms with Gasteiger partial charge in [-0.15, -0.1) is 0 Å². The maximum absolute atomic E-state index is 5.64. The molecule has 1 unspecified atom stereocenters. The Morgan fingerprint density at radius 2 is 1.65 bits per heavy atom. The molecule has 1 heteroatoms. The molecule has 0 spiro atoms. The fourth-order valence-corrected chi connectivity index (χ4v) is 3.04. The second-order valence-corrected chi connectivity index (χ2v) is 5.49. The average molecular weight is 231 g/mol. The summed E-state index contributed by atoms with van der Waals surface area (Å²) in [6, 6.07) is 8.92. The van der Waals surface area contributed by atoms with Crippen LogP contribution in [0.1, 0.15) is 62.5 Å². The molecule has 94 valence electrons. The van der Waals surface area contributed by atoms with Crippen molar-refractivity contribution in [2.75, 3.05) is 0 Å². The van der Waals surface area contributed by atoms with Crippen LogP contribution < -0.4 is 5.73 Å². The van der Waals surface area contributed by atoms with Gasteiger partial charge in [0.25, 0.3) is 0 Å². The van der Waals surface area contributed by atoms with E-state index < -0.39 is 0 Å². The quantitative estimate of drug-likeness (QED) is 0.774. The molecule has 1 aliphatic rings. The summed E-state index contributed by atoms with van der Waals surface area (Å²) in [5.41, 5.74) is 8.37. The first-order valence-corrected chi connectivity index (χ1v) is 7.10. The SMILES string of the molecule is CC(c1ccc(CN)cc1)C1CCCCCC1. The molecule has 2 rings (SSSR count). The molecule has 1 nitrogen and oxygen atoms in total. The van der Waals surface area contributed by atoms with Crippen LogP contribution in [0.25, 0.3) is 0 Å².